The summed E-state index contributed by atoms with van der Waals surface area (Å²) >= 11 is 0. The molecule has 3 heteroatoms. The highest BCUT2D eigenvalue weighted by Crippen LogP contribution is 2.28. The van der Waals surface area contributed by atoms with Gasteiger partial charge in [-0.15, -0.1) is 0 Å². The predicted octanol–water partition coefficient (Wildman–Crippen LogP) is 2.13. The third kappa shape index (κ3) is 1.86. The lowest BCUT2D eigenvalue weighted by Gasteiger charge is -2.22. The number of benzene rings is 1. The summed E-state index contributed by atoms with van der Waals surface area (Å²) in [6.07, 6.45) is 2.44. The van der Waals surface area contributed by atoms with Gasteiger partial charge in [0, 0.05) is 0 Å². The van der Waals surface area contributed by atoms with Crippen molar-refractivity contribution in [2.24, 2.45) is 0 Å². The molecule has 3 nitrogen and oxygen atoms in total. The summed E-state index contributed by atoms with van der Waals surface area (Å²) < 4.78 is 0. The number of carbonyl (C=O) groups is 1. The second-order valence-electron chi connectivity index (χ2n) is 3.47. The van der Waals surface area contributed by atoms with Gasteiger partial charge in [-0.3, -0.25) is 4.79 Å². The van der Waals surface area contributed by atoms with E-state index in [2.05, 4.69) is 5.48 Å². The molecule has 1 amide bonds. The van der Waals surface area contributed by atoms with Gasteiger partial charge in [0.25, 0.3) is 5.91 Å². The van der Waals surface area contributed by atoms with Crippen molar-refractivity contribution in [1.82, 2.24) is 5.48 Å². The molecule has 2 rings (SSSR count). The number of nitrogens with one attached hydrogen (secondary N) is 1. The Morgan fingerprint density at radius 1 is 1.33 bits per heavy atom. The molecule has 0 bridgehead atoms. The van der Waals surface area contributed by atoms with Gasteiger partial charge >= 0.3 is 0 Å². The molecule has 0 saturated heterocycles. The van der Waals surface area contributed by atoms with Gasteiger partial charge in [-0.05, 0) is 17.6 Å². The summed E-state index contributed by atoms with van der Waals surface area (Å²) in [5, 5.41) is 0. The van der Waals surface area contributed by atoms with Crippen molar-refractivity contribution >= 4 is 5.91 Å². The molecule has 1 atom stereocenters. The van der Waals surface area contributed by atoms with Crippen LogP contribution >= 0.6 is 0 Å². The van der Waals surface area contributed by atoms with Crippen LogP contribution in [0, 0.1) is 0 Å². The molecule has 1 heterocycles. The molecule has 15 heavy (non-hydrogen) atoms. The van der Waals surface area contributed by atoms with Gasteiger partial charge in [0.15, 0.2) is 0 Å². The number of carbonyl (C=O) groups excluding carboxylic acids is 1. The number of hydrogen-bond donors (Lipinski definition) is 1. The van der Waals surface area contributed by atoms with Crippen LogP contribution in [0.4, 0.5) is 0 Å². The first-order valence-electron chi connectivity index (χ1n) is 5.02. The van der Waals surface area contributed by atoms with E-state index in [-0.39, 0.29) is 11.8 Å². The first-order valence-corrected chi connectivity index (χ1v) is 5.02. The van der Waals surface area contributed by atoms with Crippen LogP contribution in [0.1, 0.15) is 24.8 Å². The summed E-state index contributed by atoms with van der Waals surface area (Å²) in [5.41, 5.74) is 4.39. The fraction of sp³-hybridized carbons (Fsp3) is 0.250. The molecule has 78 valence electrons. The van der Waals surface area contributed by atoms with Crippen molar-refractivity contribution in [3.8, 4) is 0 Å². The molecule has 1 aromatic carbocycles. The molecule has 0 spiro atoms. The molecule has 1 aromatic rings. The highest BCUT2D eigenvalue weighted by atomic mass is 16.6. The summed E-state index contributed by atoms with van der Waals surface area (Å²) in [4.78, 5) is 16.6. The summed E-state index contributed by atoms with van der Waals surface area (Å²) in [5.74, 6) is -0.300. The molecule has 0 aromatic heterocycles. The van der Waals surface area contributed by atoms with E-state index in [1.165, 1.54) is 0 Å². The zero-order valence-corrected chi connectivity index (χ0v) is 8.57. The smallest absolute Gasteiger partial charge is 0.264 e. The summed E-state index contributed by atoms with van der Waals surface area (Å²) in [6.45, 7) is 2.02. The maximum atomic E-state index is 11.7. The second kappa shape index (κ2) is 4.17. The van der Waals surface area contributed by atoms with E-state index in [1.54, 1.807) is 6.26 Å². The van der Waals surface area contributed by atoms with Gasteiger partial charge in [0.1, 0.15) is 6.26 Å². The van der Waals surface area contributed by atoms with E-state index in [4.69, 9.17) is 4.84 Å². The van der Waals surface area contributed by atoms with Crippen LogP contribution < -0.4 is 5.48 Å². The first-order chi connectivity index (χ1) is 7.33. The lowest BCUT2D eigenvalue weighted by Crippen LogP contribution is -2.33. The van der Waals surface area contributed by atoms with Gasteiger partial charge in [0.05, 0.1) is 5.92 Å². The van der Waals surface area contributed by atoms with Crippen molar-refractivity contribution in [2.75, 3.05) is 0 Å². The Morgan fingerprint density at radius 3 is 2.73 bits per heavy atom. The minimum absolute atomic E-state index is 0.0967. The topological polar surface area (TPSA) is 38.3 Å². The Hall–Kier alpha value is -1.77. The van der Waals surface area contributed by atoms with E-state index in [0.29, 0.717) is 0 Å². The maximum absolute atomic E-state index is 11.7. The zero-order valence-electron chi connectivity index (χ0n) is 8.57. The van der Waals surface area contributed by atoms with Crippen molar-refractivity contribution in [3.63, 3.8) is 0 Å². The van der Waals surface area contributed by atoms with Crippen LogP contribution in [0.2, 0.25) is 0 Å². The molecule has 1 N–H and O–H groups in total. The van der Waals surface area contributed by atoms with E-state index in [9.17, 15) is 4.79 Å². The number of amides is 1. The SMILES string of the molecule is CCC1=CONC(=O)C1c1ccccc1. The molecule has 0 fully saturated rings. The number of rotatable bonds is 2. The Labute approximate surface area is 88.7 Å². The van der Waals surface area contributed by atoms with Crippen LogP contribution in [0.5, 0.6) is 0 Å². The minimum Gasteiger partial charge on any atom is -0.387 e. The molecule has 0 saturated carbocycles. The fourth-order valence-electron chi connectivity index (χ4n) is 1.76. The number of hydroxylamine groups is 1. The average molecular weight is 203 g/mol. The Balaban J connectivity index is 2.37. The molecular weight excluding hydrogens is 190 g/mol. The molecular formula is C12H13NO2. The molecule has 1 unspecified atom stereocenters. The van der Waals surface area contributed by atoms with Gasteiger partial charge < -0.3 is 4.84 Å². The maximum Gasteiger partial charge on any atom is 0.264 e. The monoisotopic (exact) mass is 203 g/mol. The van der Waals surface area contributed by atoms with Crippen molar-refractivity contribution < 1.29 is 9.63 Å². The molecule has 0 aliphatic carbocycles. The fourth-order valence-corrected chi connectivity index (χ4v) is 1.76. The van der Waals surface area contributed by atoms with E-state index in [1.807, 2.05) is 37.3 Å². The second-order valence-corrected chi connectivity index (χ2v) is 3.47. The quantitative estimate of drug-likeness (QED) is 0.799. The third-order valence-corrected chi connectivity index (χ3v) is 2.54. The van der Waals surface area contributed by atoms with Crippen LogP contribution in [0.25, 0.3) is 0 Å². The Bertz CT molecular complexity index is 384. The standard InChI is InChI=1S/C12H13NO2/c1-2-9-8-15-13-12(14)11(9)10-6-4-3-5-7-10/h3-8,11H,2H2,1H3,(H,13,14). The van der Waals surface area contributed by atoms with Crippen molar-refractivity contribution in [3.05, 3.63) is 47.7 Å². The minimum atomic E-state index is -0.204. The van der Waals surface area contributed by atoms with Gasteiger partial charge in [-0.2, -0.15) is 5.48 Å². The average Bonchev–Trinajstić information content (AvgIpc) is 2.29. The van der Waals surface area contributed by atoms with Crippen LogP contribution in [-0.4, -0.2) is 5.91 Å². The number of hydrogen-bond acceptors (Lipinski definition) is 2. The van der Waals surface area contributed by atoms with E-state index in [0.717, 1.165) is 17.6 Å². The normalized spacial score (nSPS) is 20.2. The van der Waals surface area contributed by atoms with Gasteiger partial charge in [-0.25, -0.2) is 0 Å². The summed E-state index contributed by atoms with van der Waals surface area (Å²) in [7, 11) is 0. The molecule has 1 aliphatic heterocycles. The lowest BCUT2D eigenvalue weighted by atomic mass is 9.89. The van der Waals surface area contributed by atoms with Crippen molar-refractivity contribution in [1.29, 1.82) is 0 Å². The van der Waals surface area contributed by atoms with Crippen LogP contribution in [0.15, 0.2) is 42.2 Å². The van der Waals surface area contributed by atoms with E-state index < -0.39 is 0 Å². The van der Waals surface area contributed by atoms with Crippen LogP contribution in [-0.2, 0) is 9.63 Å². The van der Waals surface area contributed by atoms with Crippen molar-refractivity contribution in [2.45, 2.75) is 19.3 Å². The molecule has 0 radical (unpaired) electrons. The Kier molecular flexibility index (Phi) is 2.72. The highest BCUT2D eigenvalue weighted by molar-refractivity contribution is 5.86. The predicted molar refractivity (Wildman–Crippen MR) is 56.8 cm³/mol. The van der Waals surface area contributed by atoms with E-state index >= 15 is 0 Å². The third-order valence-electron chi connectivity index (χ3n) is 2.54. The van der Waals surface area contributed by atoms with Crippen LogP contribution in [0.3, 0.4) is 0 Å². The zero-order chi connectivity index (χ0) is 10.7. The Morgan fingerprint density at radius 2 is 2.07 bits per heavy atom. The largest absolute Gasteiger partial charge is 0.387 e. The van der Waals surface area contributed by atoms with Gasteiger partial charge in [0.2, 0.25) is 0 Å². The summed E-state index contributed by atoms with van der Waals surface area (Å²) in [6, 6.07) is 9.73. The first kappa shape index (κ1) is 9.77. The lowest BCUT2D eigenvalue weighted by molar-refractivity contribution is -0.132. The highest BCUT2D eigenvalue weighted by Gasteiger charge is 2.27. The molecule has 1 aliphatic rings. The van der Waals surface area contributed by atoms with Gasteiger partial charge in [-0.1, -0.05) is 37.3 Å².